The molecule has 0 amide bonds. The summed E-state index contributed by atoms with van der Waals surface area (Å²) in [6.45, 7) is 1.81. The maximum atomic E-state index is 9.97. The van der Waals surface area contributed by atoms with Gasteiger partial charge in [-0.1, -0.05) is 5.21 Å². The Labute approximate surface area is 81.0 Å². The Morgan fingerprint density at radius 1 is 1.57 bits per heavy atom. The van der Waals surface area contributed by atoms with E-state index in [4.69, 9.17) is 4.42 Å². The monoisotopic (exact) mass is 193 g/mol. The molecule has 0 aliphatic rings. The van der Waals surface area contributed by atoms with E-state index >= 15 is 0 Å². The van der Waals surface area contributed by atoms with Crippen molar-refractivity contribution in [2.45, 2.75) is 13.0 Å². The highest BCUT2D eigenvalue weighted by Crippen LogP contribution is 2.23. The number of nitrogens with zero attached hydrogens (tertiary/aromatic N) is 3. The van der Waals surface area contributed by atoms with Crippen LogP contribution in [-0.4, -0.2) is 20.1 Å². The molecule has 5 heteroatoms. The quantitative estimate of drug-likeness (QED) is 0.766. The number of furan rings is 1. The molecule has 2 aromatic heterocycles. The summed E-state index contributed by atoms with van der Waals surface area (Å²) in [6.07, 6.45) is 2.36. The Kier molecular flexibility index (Phi) is 2.09. The van der Waals surface area contributed by atoms with Gasteiger partial charge in [-0.2, -0.15) is 0 Å². The molecule has 0 aromatic carbocycles. The first-order valence-corrected chi connectivity index (χ1v) is 4.27. The number of aliphatic hydroxyl groups is 1. The second-order valence-electron chi connectivity index (χ2n) is 3.12. The number of hydrogen-bond donors (Lipinski definition) is 1. The number of aromatic nitrogens is 3. The highest BCUT2D eigenvalue weighted by atomic mass is 16.3. The molecule has 2 aromatic rings. The van der Waals surface area contributed by atoms with Crippen LogP contribution in [0.1, 0.15) is 23.1 Å². The first kappa shape index (κ1) is 8.96. The molecule has 0 saturated heterocycles. The summed E-state index contributed by atoms with van der Waals surface area (Å²) in [5.41, 5.74) is 1.39. The SMILES string of the molecule is Cc1occc1C(O)c1cnnn1C. The molecule has 0 saturated carbocycles. The van der Waals surface area contributed by atoms with Crippen LogP contribution >= 0.6 is 0 Å². The second-order valence-corrected chi connectivity index (χ2v) is 3.12. The zero-order chi connectivity index (χ0) is 10.1. The van der Waals surface area contributed by atoms with E-state index in [-0.39, 0.29) is 0 Å². The minimum atomic E-state index is -0.728. The van der Waals surface area contributed by atoms with Crippen molar-refractivity contribution >= 4 is 0 Å². The molecule has 0 aliphatic heterocycles. The third kappa shape index (κ3) is 1.31. The molecule has 0 fully saturated rings. The lowest BCUT2D eigenvalue weighted by molar-refractivity contribution is 0.207. The van der Waals surface area contributed by atoms with Gasteiger partial charge in [0.1, 0.15) is 11.9 Å². The van der Waals surface area contributed by atoms with Gasteiger partial charge < -0.3 is 9.52 Å². The Hall–Kier alpha value is -1.62. The van der Waals surface area contributed by atoms with Gasteiger partial charge in [0.25, 0.3) is 0 Å². The van der Waals surface area contributed by atoms with E-state index in [1.807, 2.05) is 6.92 Å². The van der Waals surface area contributed by atoms with Crippen molar-refractivity contribution in [3.8, 4) is 0 Å². The van der Waals surface area contributed by atoms with Crippen molar-refractivity contribution in [1.29, 1.82) is 0 Å². The van der Waals surface area contributed by atoms with E-state index in [9.17, 15) is 5.11 Å². The second kappa shape index (κ2) is 3.26. The van der Waals surface area contributed by atoms with Gasteiger partial charge in [-0.15, -0.1) is 5.10 Å². The van der Waals surface area contributed by atoms with Crippen molar-refractivity contribution in [3.63, 3.8) is 0 Å². The maximum Gasteiger partial charge on any atom is 0.126 e. The average molecular weight is 193 g/mol. The zero-order valence-corrected chi connectivity index (χ0v) is 8.01. The minimum Gasteiger partial charge on any atom is -0.469 e. The van der Waals surface area contributed by atoms with Crippen molar-refractivity contribution in [2.75, 3.05) is 0 Å². The summed E-state index contributed by atoms with van der Waals surface area (Å²) < 4.78 is 6.65. The van der Waals surface area contributed by atoms with Gasteiger partial charge in [-0.05, 0) is 13.0 Å². The van der Waals surface area contributed by atoms with E-state index in [2.05, 4.69) is 10.3 Å². The van der Waals surface area contributed by atoms with Crippen molar-refractivity contribution in [3.05, 3.63) is 35.5 Å². The lowest BCUT2D eigenvalue weighted by Gasteiger charge is -2.08. The third-order valence-corrected chi connectivity index (χ3v) is 2.22. The lowest BCUT2D eigenvalue weighted by atomic mass is 10.1. The van der Waals surface area contributed by atoms with Crippen molar-refractivity contribution < 1.29 is 9.52 Å². The molecule has 14 heavy (non-hydrogen) atoms. The predicted octanol–water partition coefficient (Wildman–Crippen LogP) is 0.798. The smallest absolute Gasteiger partial charge is 0.126 e. The molecule has 5 nitrogen and oxygen atoms in total. The summed E-state index contributed by atoms with van der Waals surface area (Å²) >= 11 is 0. The molecule has 0 spiro atoms. The Morgan fingerprint density at radius 2 is 2.36 bits per heavy atom. The van der Waals surface area contributed by atoms with E-state index in [0.717, 1.165) is 5.56 Å². The van der Waals surface area contributed by atoms with Gasteiger partial charge in [0.15, 0.2) is 0 Å². The lowest BCUT2D eigenvalue weighted by Crippen LogP contribution is -2.06. The fourth-order valence-corrected chi connectivity index (χ4v) is 1.38. The zero-order valence-electron chi connectivity index (χ0n) is 8.01. The molecule has 74 valence electrons. The number of hydrogen-bond acceptors (Lipinski definition) is 4. The van der Waals surface area contributed by atoms with E-state index in [1.165, 1.54) is 10.9 Å². The molecular weight excluding hydrogens is 182 g/mol. The van der Waals surface area contributed by atoms with Crippen LogP contribution in [0.4, 0.5) is 0 Å². The van der Waals surface area contributed by atoms with Gasteiger partial charge in [-0.3, -0.25) is 0 Å². The number of rotatable bonds is 2. The van der Waals surface area contributed by atoms with E-state index in [1.54, 1.807) is 19.4 Å². The summed E-state index contributed by atoms with van der Waals surface area (Å²) in [5, 5.41) is 17.4. The minimum absolute atomic E-state index is 0.648. The van der Waals surface area contributed by atoms with Crippen molar-refractivity contribution in [1.82, 2.24) is 15.0 Å². The Bertz CT molecular complexity index is 392. The maximum absolute atomic E-state index is 9.97. The van der Waals surface area contributed by atoms with Crippen LogP contribution in [0.5, 0.6) is 0 Å². The molecule has 2 heterocycles. The first-order chi connectivity index (χ1) is 6.70. The summed E-state index contributed by atoms with van der Waals surface area (Å²) in [6, 6.07) is 1.74. The molecular formula is C9H11N3O2. The average Bonchev–Trinajstić information content (AvgIpc) is 2.73. The predicted molar refractivity (Wildman–Crippen MR) is 48.5 cm³/mol. The van der Waals surface area contributed by atoms with Gasteiger partial charge in [0.2, 0.25) is 0 Å². The molecule has 0 bridgehead atoms. The normalized spacial score (nSPS) is 13.1. The largest absolute Gasteiger partial charge is 0.469 e. The molecule has 1 N–H and O–H groups in total. The van der Waals surface area contributed by atoms with E-state index < -0.39 is 6.10 Å². The third-order valence-electron chi connectivity index (χ3n) is 2.22. The fourth-order valence-electron chi connectivity index (χ4n) is 1.38. The highest BCUT2D eigenvalue weighted by molar-refractivity contribution is 5.25. The molecule has 0 radical (unpaired) electrons. The summed E-state index contributed by atoms with van der Waals surface area (Å²) in [4.78, 5) is 0. The summed E-state index contributed by atoms with van der Waals surface area (Å²) in [5.74, 6) is 0.707. The van der Waals surface area contributed by atoms with Crippen LogP contribution in [0.2, 0.25) is 0 Å². The highest BCUT2D eigenvalue weighted by Gasteiger charge is 2.18. The van der Waals surface area contributed by atoms with Crippen LogP contribution < -0.4 is 0 Å². The van der Waals surface area contributed by atoms with Crippen molar-refractivity contribution in [2.24, 2.45) is 7.05 Å². The molecule has 2 rings (SSSR count). The van der Waals surface area contributed by atoms with Gasteiger partial charge >= 0.3 is 0 Å². The molecule has 1 unspecified atom stereocenters. The van der Waals surface area contributed by atoms with E-state index in [0.29, 0.717) is 11.5 Å². The van der Waals surface area contributed by atoms with Gasteiger partial charge in [0.05, 0.1) is 18.2 Å². The van der Waals surface area contributed by atoms with Crippen LogP contribution in [0.3, 0.4) is 0 Å². The number of aryl methyl sites for hydroxylation is 2. The van der Waals surface area contributed by atoms with Crippen LogP contribution in [0, 0.1) is 6.92 Å². The first-order valence-electron chi connectivity index (χ1n) is 4.27. The van der Waals surface area contributed by atoms with Crippen LogP contribution in [0.15, 0.2) is 22.9 Å². The van der Waals surface area contributed by atoms with Gasteiger partial charge in [-0.25, -0.2) is 4.68 Å². The Morgan fingerprint density at radius 3 is 2.86 bits per heavy atom. The fraction of sp³-hybridized carbons (Fsp3) is 0.333. The molecule has 0 aliphatic carbocycles. The molecule has 1 atom stereocenters. The topological polar surface area (TPSA) is 64.1 Å². The van der Waals surface area contributed by atoms with Crippen LogP contribution in [-0.2, 0) is 7.05 Å². The van der Waals surface area contributed by atoms with Crippen LogP contribution in [0.25, 0.3) is 0 Å². The summed E-state index contributed by atoms with van der Waals surface area (Å²) in [7, 11) is 1.74. The number of aliphatic hydroxyl groups excluding tert-OH is 1. The Balaban J connectivity index is 2.38. The van der Waals surface area contributed by atoms with Gasteiger partial charge in [0, 0.05) is 12.6 Å². The standard InChI is InChI=1S/C9H11N3O2/c1-6-7(3-4-14-6)9(13)8-5-10-11-12(8)2/h3-5,9,13H,1-2H3.